The largest absolute Gasteiger partial charge is 0.310 e. The molecule has 0 N–H and O–H groups in total. The topological polar surface area (TPSA) is 11.4 Å². The van der Waals surface area contributed by atoms with Crippen LogP contribution in [0, 0.1) is 0 Å². The van der Waals surface area contributed by atoms with Crippen LogP contribution in [0.15, 0.2) is 188 Å². The lowest BCUT2D eigenvalue weighted by Crippen LogP contribution is -2.11. The summed E-state index contributed by atoms with van der Waals surface area (Å²) in [5, 5.41) is 4.95. The van der Waals surface area contributed by atoms with Gasteiger partial charge in [-0.3, -0.25) is 0 Å². The molecule has 0 saturated heterocycles. The van der Waals surface area contributed by atoms with E-state index >= 15 is 0 Å². The summed E-state index contributed by atoms with van der Waals surface area (Å²) in [5.74, 6) is 0. The molecular weight excluding hydrogens is 571 g/mol. The average molecular weight is 602 g/mol. The van der Waals surface area contributed by atoms with Gasteiger partial charge < -0.3 is 14.4 Å². The molecule has 47 heavy (non-hydrogen) atoms. The summed E-state index contributed by atoms with van der Waals surface area (Å²) >= 11 is 0. The van der Waals surface area contributed by atoms with Crippen molar-refractivity contribution in [2.75, 3.05) is 9.80 Å². The molecule has 0 atom stereocenters. The Morgan fingerprint density at radius 2 is 0.617 bits per heavy atom. The van der Waals surface area contributed by atoms with Crippen LogP contribution in [0.5, 0.6) is 0 Å². The summed E-state index contributed by atoms with van der Waals surface area (Å²) in [6.07, 6.45) is 0. The van der Waals surface area contributed by atoms with E-state index in [0.29, 0.717) is 0 Å². The zero-order chi connectivity index (χ0) is 31.2. The number of nitrogens with zero attached hydrogens (tertiary/aromatic N) is 3. The van der Waals surface area contributed by atoms with Crippen LogP contribution in [0.4, 0.5) is 34.1 Å². The Morgan fingerprint density at radius 3 is 0.957 bits per heavy atom. The maximum atomic E-state index is 2.42. The van der Waals surface area contributed by atoms with Crippen molar-refractivity contribution in [3.05, 3.63) is 188 Å². The molecular formula is C44H31N3. The number of rotatable bonds is 7. The van der Waals surface area contributed by atoms with Gasteiger partial charge in [0, 0.05) is 50.0 Å². The number of anilines is 6. The van der Waals surface area contributed by atoms with E-state index in [9.17, 15) is 0 Å². The summed E-state index contributed by atoms with van der Waals surface area (Å²) in [4.78, 5) is 4.75. The van der Waals surface area contributed by atoms with Crippen molar-refractivity contribution >= 4 is 66.7 Å². The number of hydrogen-bond acceptors (Lipinski definition) is 2. The summed E-state index contributed by atoms with van der Waals surface area (Å²) in [5.41, 5.74) is 10.3. The van der Waals surface area contributed by atoms with Gasteiger partial charge in [0.2, 0.25) is 0 Å². The molecule has 0 aliphatic carbocycles. The molecule has 3 nitrogen and oxygen atoms in total. The van der Waals surface area contributed by atoms with Crippen LogP contribution in [0.2, 0.25) is 0 Å². The maximum Gasteiger partial charge on any atom is 0.0548 e. The van der Waals surface area contributed by atoms with E-state index in [0.717, 1.165) is 39.8 Å². The van der Waals surface area contributed by atoms with Crippen LogP contribution in [0.1, 0.15) is 0 Å². The average Bonchev–Trinajstić information content (AvgIpc) is 3.49. The molecule has 0 fully saturated rings. The van der Waals surface area contributed by atoms with Crippen LogP contribution >= 0.6 is 0 Å². The predicted molar refractivity (Wildman–Crippen MR) is 199 cm³/mol. The normalized spacial score (nSPS) is 11.4. The first-order valence-electron chi connectivity index (χ1n) is 16.0. The van der Waals surface area contributed by atoms with Crippen molar-refractivity contribution < 1.29 is 0 Å². The van der Waals surface area contributed by atoms with Gasteiger partial charge in [0.15, 0.2) is 0 Å². The minimum Gasteiger partial charge on any atom is -0.310 e. The summed E-state index contributed by atoms with van der Waals surface area (Å²) < 4.78 is 2.42. The van der Waals surface area contributed by atoms with E-state index in [2.05, 4.69) is 202 Å². The van der Waals surface area contributed by atoms with E-state index in [1.54, 1.807) is 0 Å². The second kappa shape index (κ2) is 11.2. The van der Waals surface area contributed by atoms with Gasteiger partial charge in [-0.2, -0.15) is 0 Å². The highest BCUT2D eigenvalue weighted by atomic mass is 15.2. The summed E-state index contributed by atoms with van der Waals surface area (Å²) in [7, 11) is 0. The fourth-order valence-electron chi connectivity index (χ4n) is 7.13. The lowest BCUT2D eigenvalue weighted by Gasteiger charge is -2.28. The SMILES string of the molecule is c1ccc(N(c2ccccc2)c2ccc3c4c2ccc2c(N(c5ccccc5)c5ccccc5)ccc(c24)n3-c2ccccc2)cc1. The first kappa shape index (κ1) is 27.0. The van der Waals surface area contributed by atoms with Gasteiger partial charge in [-0.1, -0.05) is 103 Å². The molecule has 8 aromatic carbocycles. The Hall–Kier alpha value is -6.32. The molecule has 9 rings (SSSR count). The van der Waals surface area contributed by atoms with Crippen molar-refractivity contribution in [3.63, 3.8) is 0 Å². The Bertz CT molecular complexity index is 2200. The molecule has 0 bridgehead atoms. The van der Waals surface area contributed by atoms with Crippen LogP contribution in [0.25, 0.3) is 38.3 Å². The van der Waals surface area contributed by atoms with Gasteiger partial charge in [-0.25, -0.2) is 0 Å². The first-order chi connectivity index (χ1) is 23.4. The Kier molecular flexibility index (Phi) is 6.46. The minimum absolute atomic E-state index is 1.13. The van der Waals surface area contributed by atoms with Crippen LogP contribution < -0.4 is 9.80 Å². The van der Waals surface area contributed by atoms with Crippen LogP contribution in [-0.4, -0.2) is 4.57 Å². The van der Waals surface area contributed by atoms with E-state index in [1.165, 1.54) is 32.6 Å². The Balaban J connectivity index is 1.38. The smallest absolute Gasteiger partial charge is 0.0548 e. The second-order valence-corrected chi connectivity index (χ2v) is 11.8. The number of benzene rings is 8. The summed E-state index contributed by atoms with van der Waals surface area (Å²) in [6, 6.07) is 67.2. The highest BCUT2D eigenvalue weighted by molar-refractivity contribution is 6.29. The van der Waals surface area contributed by atoms with Gasteiger partial charge in [-0.05, 0) is 84.9 Å². The highest BCUT2D eigenvalue weighted by Crippen LogP contribution is 2.49. The number of para-hydroxylation sites is 5. The predicted octanol–water partition coefficient (Wildman–Crippen LogP) is 12.3. The quantitative estimate of drug-likeness (QED) is 0.168. The van der Waals surface area contributed by atoms with Crippen molar-refractivity contribution in [1.29, 1.82) is 0 Å². The van der Waals surface area contributed by atoms with Gasteiger partial charge in [0.1, 0.15) is 0 Å². The molecule has 0 saturated carbocycles. The zero-order valence-electron chi connectivity index (χ0n) is 25.7. The first-order valence-corrected chi connectivity index (χ1v) is 16.0. The molecule has 1 aromatic heterocycles. The molecule has 0 aliphatic rings. The van der Waals surface area contributed by atoms with E-state index < -0.39 is 0 Å². The lowest BCUT2D eigenvalue weighted by molar-refractivity contribution is 1.18. The third-order valence-electron chi connectivity index (χ3n) is 9.10. The van der Waals surface area contributed by atoms with Gasteiger partial charge >= 0.3 is 0 Å². The fraction of sp³-hybridized carbons (Fsp3) is 0. The molecule has 9 aromatic rings. The second-order valence-electron chi connectivity index (χ2n) is 11.8. The van der Waals surface area contributed by atoms with Gasteiger partial charge in [-0.15, -0.1) is 0 Å². The molecule has 3 heteroatoms. The standard InChI is InChI=1S/C44H31N3/c1-6-16-32(17-7-1)45(33-18-8-2-9-19-33)39-28-30-41-43-37(39)26-27-38-40(29-31-42(44(38)43)47(41)36-24-14-5-15-25-36)46(34-20-10-3-11-21-34)35-22-12-4-13-23-35/h1-31H. The highest BCUT2D eigenvalue weighted by Gasteiger charge is 2.25. The van der Waals surface area contributed by atoms with Crippen molar-refractivity contribution in [2.45, 2.75) is 0 Å². The molecule has 0 amide bonds. The van der Waals surface area contributed by atoms with Gasteiger partial charge in [0.25, 0.3) is 0 Å². The van der Waals surface area contributed by atoms with Crippen molar-refractivity contribution in [3.8, 4) is 5.69 Å². The minimum atomic E-state index is 1.13. The number of aromatic nitrogens is 1. The zero-order valence-corrected chi connectivity index (χ0v) is 25.7. The van der Waals surface area contributed by atoms with Crippen molar-refractivity contribution in [1.82, 2.24) is 4.57 Å². The maximum absolute atomic E-state index is 2.42. The molecule has 0 unspecified atom stereocenters. The van der Waals surface area contributed by atoms with Gasteiger partial charge in [0.05, 0.1) is 22.4 Å². The van der Waals surface area contributed by atoms with Crippen molar-refractivity contribution in [2.24, 2.45) is 0 Å². The Morgan fingerprint density at radius 1 is 0.298 bits per heavy atom. The molecule has 0 radical (unpaired) electrons. The summed E-state index contributed by atoms with van der Waals surface area (Å²) in [6.45, 7) is 0. The molecule has 1 heterocycles. The molecule has 0 spiro atoms. The van der Waals surface area contributed by atoms with E-state index in [-0.39, 0.29) is 0 Å². The third-order valence-corrected chi connectivity index (χ3v) is 9.10. The lowest BCUT2D eigenvalue weighted by atomic mass is 9.98. The van der Waals surface area contributed by atoms with E-state index in [4.69, 9.17) is 0 Å². The molecule has 222 valence electrons. The number of hydrogen-bond donors (Lipinski definition) is 0. The van der Waals surface area contributed by atoms with Crippen LogP contribution in [-0.2, 0) is 0 Å². The third kappa shape index (κ3) is 4.44. The van der Waals surface area contributed by atoms with E-state index in [1.807, 2.05) is 0 Å². The molecule has 0 aliphatic heterocycles. The fourth-order valence-corrected chi connectivity index (χ4v) is 7.13. The van der Waals surface area contributed by atoms with Crippen LogP contribution in [0.3, 0.4) is 0 Å². The monoisotopic (exact) mass is 601 g/mol. The Labute approximate surface area is 274 Å².